The molecule has 1 amide bonds. The lowest BCUT2D eigenvalue weighted by Gasteiger charge is -2.62. The first-order valence-corrected chi connectivity index (χ1v) is 10.6. The fourth-order valence-electron chi connectivity index (χ4n) is 7.06. The van der Waals surface area contributed by atoms with Crippen LogP contribution in [0.5, 0.6) is 0 Å². The predicted molar refractivity (Wildman–Crippen MR) is 112 cm³/mol. The Balaban J connectivity index is 1.39. The fourth-order valence-corrected chi connectivity index (χ4v) is 7.06. The van der Waals surface area contributed by atoms with Crippen molar-refractivity contribution in [3.63, 3.8) is 0 Å². The maximum absolute atomic E-state index is 13.0. The van der Waals surface area contributed by atoms with Gasteiger partial charge >= 0.3 is 0 Å². The standard InChI is InChI=1S/C24H26N2O3/c27-22(25-20-8-4-5-9-21(20)26(28)29)15-23-11-17-10-18(12-23)14-24(13-17,16-23)19-6-2-1-3-7-19/h1-9,17-18H,10-16H2,(H,25,27)/t17-,18+,23?,24?. The number of anilines is 1. The van der Waals surface area contributed by atoms with Gasteiger partial charge < -0.3 is 5.32 Å². The molecule has 5 nitrogen and oxygen atoms in total. The van der Waals surface area contributed by atoms with Crippen LogP contribution in [0.4, 0.5) is 11.4 Å². The highest BCUT2D eigenvalue weighted by Gasteiger charge is 2.58. The first-order valence-electron chi connectivity index (χ1n) is 10.6. The smallest absolute Gasteiger partial charge is 0.292 e. The van der Waals surface area contributed by atoms with Crippen molar-refractivity contribution in [3.05, 3.63) is 70.3 Å². The quantitative estimate of drug-likeness (QED) is 0.544. The zero-order valence-corrected chi connectivity index (χ0v) is 16.5. The third-order valence-corrected chi connectivity index (χ3v) is 7.48. The number of hydrogen-bond donors (Lipinski definition) is 1. The van der Waals surface area contributed by atoms with Crippen LogP contribution in [0.2, 0.25) is 0 Å². The second-order valence-corrected chi connectivity index (χ2v) is 9.61. The third-order valence-electron chi connectivity index (χ3n) is 7.48. The summed E-state index contributed by atoms with van der Waals surface area (Å²) in [5.74, 6) is 1.29. The SMILES string of the molecule is O=C(CC12C[C@H]3C[C@@H](C1)CC(c1ccccc1)(C3)C2)Nc1ccccc1[N+](=O)[O-]. The molecule has 0 aliphatic heterocycles. The maximum atomic E-state index is 13.0. The van der Waals surface area contributed by atoms with Crippen LogP contribution in [0.15, 0.2) is 54.6 Å². The Labute approximate surface area is 170 Å². The van der Waals surface area contributed by atoms with E-state index in [9.17, 15) is 14.9 Å². The molecule has 4 atom stereocenters. The number of rotatable bonds is 5. The third kappa shape index (κ3) is 3.22. The van der Waals surface area contributed by atoms with Gasteiger partial charge in [0.2, 0.25) is 5.91 Å². The Kier molecular flexibility index (Phi) is 4.23. The molecule has 4 bridgehead atoms. The molecule has 2 aromatic carbocycles. The van der Waals surface area contributed by atoms with Crippen LogP contribution < -0.4 is 5.32 Å². The summed E-state index contributed by atoms with van der Waals surface area (Å²) in [4.78, 5) is 23.8. The number of benzene rings is 2. The van der Waals surface area contributed by atoms with Crippen LogP contribution >= 0.6 is 0 Å². The van der Waals surface area contributed by atoms with Gasteiger partial charge in [0.15, 0.2) is 0 Å². The fraction of sp³-hybridized carbons (Fsp3) is 0.458. The van der Waals surface area contributed by atoms with E-state index in [1.54, 1.807) is 18.2 Å². The van der Waals surface area contributed by atoms with Gasteiger partial charge in [-0.2, -0.15) is 0 Å². The monoisotopic (exact) mass is 390 g/mol. The Morgan fingerprint density at radius 3 is 2.34 bits per heavy atom. The summed E-state index contributed by atoms with van der Waals surface area (Å²) in [7, 11) is 0. The average molecular weight is 390 g/mol. The largest absolute Gasteiger partial charge is 0.320 e. The number of nitrogens with zero attached hydrogens (tertiary/aromatic N) is 1. The summed E-state index contributed by atoms with van der Waals surface area (Å²) in [5, 5.41) is 14.1. The van der Waals surface area contributed by atoms with Crippen molar-refractivity contribution in [3.8, 4) is 0 Å². The van der Waals surface area contributed by atoms with Gasteiger partial charge in [0.1, 0.15) is 5.69 Å². The Hall–Kier alpha value is -2.69. The van der Waals surface area contributed by atoms with Gasteiger partial charge in [0.05, 0.1) is 4.92 Å². The molecule has 1 N–H and O–H groups in total. The molecule has 29 heavy (non-hydrogen) atoms. The van der Waals surface area contributed by atoms with E-state index in [4.69, 9.17) is 0 Å². The number of nitrogens with one attached hydrogen (secondary N) is 1. The number of amides is 1. The molecule has 4 aliphatic carbocycles. The molecule has 0 spiro atoms. The van der Waals surface area contributed by atoms with E-state index in [1.807, 2.05) is 0 Å². The molecular weight excluding hydrogens is 364 g/mol. The van der Waals surface area contributed by atoms with Gasteiger partial charge in [0, 0.05) is 12.5 Å². The zero-order valence-electron chi connectivity index (χ0n) is 16.5. The van der Waals surface area contributed by atoms with E-state index < -0.39 is 4.92 Å². The summed E-state index contributed by atoms with van der Waals surface area (Å²) in [6, 6.07) is 17.2. The summed E-state index contributed by atoms with van der Waals surface area (Å²) in [6.07, 6.45) is 7.51. The van der Waals surface area contributed by atoms with Crippen molar-refractivity contribution in [2.45, 2.75) is 50.4 Å². The molecule has 5 heteroatoms. The topological polar surface area (TPSA) is 72.2 Å². The van der Waals surface area contributed by atoms with Gasteiger partial charge in [-0.05, 0) is 72.8 Å². The van der Waals surface area contributed by atoms with Crippen molar-refractivity contribution < 1.29 is 9.72 Å². The molecule has 0 saturated heterocycles. The van der Waals surface area contributed by atoms with E-state index >= 15 is 0 Å². The average Bonchev–Trinajstić information content (AvgIpc) is 2.67. The van der Waals surface area contributed by atoms with Crippen LogP contribution in [-0.4, -0.2) is 10.8 Å². The van der Waals surface area contributed by atoms with E-state index in [-0.39, 0.29) is 22.4 Å². The van der Waals surface area contributed by atoms with Gasteiger partial charge in [-0.1, -0.05) is 42.5 Å². The van der Waals surface area contributed by atoms with Crippen molar-refractivity contribution in [1.82, 2.24) is 0 Å². The lowest BCUT2D eigenvalue weighted by Crippen LogP contribution is -2.54. The first kappa shape index (κ1) is 18.3. The molecule has 4 aliphatic rings. The van der Waals surface area contributed by atoms with Crippen LogP contribution in [0, 0.1) is 27.4 Å². The summed E-state index contributed by atoms with van der Waals surface area (Å²) >= 11 is 0. The van der Waals surface area contributed by atoms with E-state index in [0.717, 1.165) is 19.3 Å². The first-order chi connectivity index (χ1) is 14.0. The van der Waals surface area contributed by atoms with E-state index in [0.29, 0.717) is 23.9 Å². The number of nitro benzene ring substituents is 1. The van der Waals surface area contributed by atoms with Gasteiger partial charge in [0.25, 0.3) is 5.69 Å². The second kappa shape index (κ2) is 6.68. The number of carbonyl (C=O) groups excluding carboxylic acids is 1. The van der Waals surface area contributed by atoms with E-state index in [1.165, 1.54) is 30.9 Å². The number of hydrogen-bond acceptors (Lipinski definition) is 3. The van der Waals surface area contributed by atoms with Crippen molar-refractivity contribution in [1.29, 1.82) is 0 Å². The van der Waals surface area contributed by atoms with Crippen LogP contribution in [0.1, 0.15) is 50.5 Å². The maximum Gasteiger partial charge on any atom is 0.292 e. The predicted octanol–water partition coefficient (Wildman–Crippen LogP) is 5.46. The summed E-state index contributed by atoms with van der Waals surface area (Å²) in [5.41, 5.74) is 1.90. The van der Waals surface area contributed by atoms with Crippen molar-refractivity contribution in [2.75, 3.05) is 5.32 Å². The molecule has 0 radical (unpaired) electrons. The Morgan fingerprint density at radius 1 is 1.00 bits per heavy atom. The van der Waals surface area contributed by atoms with Gasteiger partial charge in [-0.15, -0.1) is 0 Å². The summed E-state index contributed by atoms with van der Waals surface area (Å²) in [6.45, 7) is 0. The minimum atomic E-state index is -0.440. The molecule has 0 aromatic heterocycles. The van der Waals surface area contributed by atoms with Crippen LogP contribution in [0.25, 0.3) is 0 Å². The normalized spacial score (nSPS) is 32.1. The van der Waals surface area contributed by atoms with Crippen molar-refractivity contribution in [2.24, 2.45) is 17.3 Å². The molecule has 0 heterocycles. The van der Waals surface area contributed by atoms with Crippen LogP contribution in [-0.2, 0) is 10.2 Å². The van der Waals surface area contributed by atoms with Gasteiger partial charge in [-0.3, -0.25) is 14.9 Å². The van der Waals surface area contributed by atoms with Crippen molar-refractivity contribution >= 4 is 17.3 Å². The molecule has 2 aromatic rings. The molecule has 4 fully saturated rings. The van der Waals surface area contributed by atoms with E-state index in [2.05, 4.69) is 35.6 Å². The Bertz CT molecular complexity index is 942. The number of para-hydroxylation sites is 2. The summed E-state index contributed by atoms with van der Waals surface area (Å²) < 4.78 is 0. The minimum Gasteiger partial charge on any atom is -0.320 e. The number of carbonyl (C=O) groups is 1. The number of nitro groups is 1. The van der Waals surface area contributed by atoms with Crippen LogP contribution in [0.3, 0.4) is 0 Å². The lowest BCUT2D eigenvalue weighted by molar-refractivity contribution is -0.383. The zero-order chi connectivity index (χ0) is 20.1. The molecule has 2 unspecified atom stereocenters. The molecule has 6 rings (SSSR count). The lowest BCUT2D eigenvalue weighted by atomic mass is 9.42. The highest BCUT2D eigenvalue weighted by Crippen LogP contribution is 2.66. The minimum absolute atomic E-state index is 0.0214. The second-order valence-electron chi connectivity index (χ2n) is 9.61. The highest BCUT2D eigenvalue weighted by atomic mass is 16.6. The molecule has 4 saturated carbocycles. The molecular formula is C24H26N2O3. The van der Waals surface area contributed by atoms with Gasteiger partial charge in [-0.25, -0.2) is 0 Å². The highest BCUT2D eigenvalue weighted by molar-refractivity contribution is 5.93. The Morgan fingerprint density at radius 2 is 1.66 bits per heavy atom. The molecule has 150 valence electrons.